The fourth-order valence-corrected chi connectivity index (χ4v) is 4.33. The quantitative estimate of drug-likeness (QED) is 0.604. The molecule has 1 N–H and O–H groups in total. The smallest absolute Gasteiger partial charge is 0.270 e. The zero-order valence-electron chi connectivity index (χ0n) is 15.2. The molecule has 3 rings (SSSR count). The molecule has 0 saturated carbocycles. The van der Waals surface area contributed by atoms with Gasteiger partial charge in [-0.25, -0.2) is 13.1 Å². The molecule has 1 aliphatic heterocycles. The average Bonchev–Trinajstić information content (AvgIpc) is 2.67. The lowest BCUT2D eigenvalue weighted by molar-refractivity contribution is -0.385. The minimum Gasteiger partial charge on any atom is -0.371 e. The minimum atomic E-state index is -3.82. The maximum atomic E-state index is 12.4. The Kier molecular flexibility index (Phi) is 5.76. The largest absolute Gasteiger partial charge is 0.371 e. The van der Waals surface area contributed by atoms with Crippen LogP contribution in [0.2, 0.25) is 0 Å². The van der Waals surface area contributed by atoms with Gasteiger partial charge in [0.15, 0.2) is 0 Å². The molecule has 1 saturated heterocycles. The topological polar surface area (TPSA) is 92.6 Å². The highest BCUT2D eigenvalue weighted by Gasteiger charge is 2.18. The highest BCUT2D eigenvalue weighted by molar-refractivity contribution is 7.89. The number of hydrogen-bond donors (Lipinski definition) is 1. The minimum absolute atomic E-state index is 0.115. The molecule has 0 amide bonds. The Morgan fingerprint density at radius 3 is 2.63 bits per heavy atom. The summed E-state index contributed by atoms with van der Waals surface area (Å²) in [4.78, 5) is 12.5. The summed E-state index contributed by atoms with van der Waals surface area (Å²) in [5.74, 6) is 0.681. The zero-order valence-corrected chi connectivity index (χ0v) is 16.0. The summed E-state index contributed by atoms with van der Waals surface area (Å²) in [6.07, 6.45) is 2.44. The van der Waals surface area contributed by atoms with Gasteiger partial charge >= 0.3 is 0 Å². The first-order valence-corrected chi connectivity index (χ1v) is 10.4. The number of rotatable bonds is 6. The molecule has 0 aromatic heterocycles. The van der Waals surface area contributed by atoms with Gasteiger partial charge < -0.3 is 4.90 Å². The standard InChI is InChI=1S/C19H23N3O4S/c1-15-4-3-11-21(14-15)17-9-7-16(8-10-17)13-20-27(25,26)19-6-2-5-18(12-19)22(23)24/h2,5-10,12,15,20H,3-4,11,13-14H2,1H3/t15-/m1/s1. The molecule has 0 bridgehead atoms. The van der Waals surface area contributed by atoms with Gasteiger partial charge in [0, 0.05) is 37.5 Å². The average molecular weight is 389 g/mol. The van der Waals surface area contributed by atoms with Crippen molar-refractivity contribution in [3.63, 3.8) is 0 Å². The Bertz CT molecular complexity index is 913. The fourth-order valence-electron chi connectivity index (χ4n) is 3.27. The van der Waals surface area contributed by atoms with Crippen molar-refractivity contribution in [2.75, 3.05) is 18.0 Å². The lowest BCUT2D eigenvalue weighted by atomic mass is 9.99. The zero-order chi connectivity index (χ0) is 19.4. The number of hydrogen-bond acceptors (Lipinski definition) is 5. The molecule has 1 heterocycles. The molecule has 1 fully saturated rings. The summed E-state index contributed by atoms with van der Waals surface area (Å²) >= 11 is 0. The Labute approximate surface area is 159 Å². The summed E-state index contributed by atoms with van der Waals surface area (Å²) in [6, 6.07) is 12.9. The van der Waals surface area contributed by atoms with Crippen LogP contribution in [0.1, 0.15) is 25.3 Å². The first-order chi connectivity index (χ1) is 12.8. The van der Waals surface area contributed by atoms with Crippen LogP contribution >= 0.6 is 0 Å². The second-order valence-corrected chi connectivity index (χ2v) is 8.71. The van der Waals surface area contributed by atoms with Crippen molar-refractivity contribution in [1.29, 1.82) is 0 Å². The molecule has 144 valence electrons. The van der Waals surface area contributed by atoms with Crippen LogP contribution in [-0.4, -0.2) is 26.4 Å². The maximum absolute atomic E-state index is 12.4. The summed E-state index contributed by atoms with van der Waals surface area (Å²) < 4.78 is 27.3. The van der Waals surface area contributed by atoms with Crippen molar-refractivity contribution in [3.8, 4) is 0 Å². The summed E-state index contributed by atoms with van der Waals surface area (Å²) in [7, 11) is -3.82. The number of sulfonamides is 1. The van der Waals surface area contributed by atoms with Gasteiger partial charge in [0.2, 0.25) is 10.0 Å². The van der Waals surface area contributed by atoms with Crippen LogP contribution in [0.5, 0.6) is 0 Å². The normalized spacial score (nSPS) is 17.7. The van der Waals surface area contributed by atoms with Gasteiger partial charge in [0.1, 0.15) is 0 Å². The molecule has 0 aliphatic carbocycles. The number of nitro benzene ring substituents is 1. The van der Waals surface area contributed by atoms with Crippen LogP contribution in [0.3, 0.4) is 0 Å². The molecule has 8 heteroatoms. The Hall–Kier alpha value is -2.45. The molecular formula is C19H23N3O4S. The van der Waals surface area contributed by atoms with Gasteiger partial charge in [-0.15, -0.1) is 0 Å². The molecule has 0 unspecified atom stereocenters. The van der Waals surface area contributed by atoms with Gasteiger partial charge in [-0.3, -0.25) is 10.1 Å². The Morgan fingerprint density at radius 2 is 1.96 bits per heavy atom. The van der Waals surface area contributed by atoms with Crippen molar-refractivity contribution < 1.29 is 13.3 Å². The maximum Gasteiger partial charge on any atom is 0.270 e. The Balaban J connectivity index is 1.65. The monoisotopic (exact) mass is 389 g/mol. The van der Waals surface area contributed by atoms with E-state index < -0.39 is 14.9 Å². The number of non-ortho nitro benzene ring substituents is 1. The van der Waals surface area contributed by atoms with Gasteiger partial charge in [0.05, 0.1) is 9.82 Å². The van der Waals surface area contributed by atoms with Crippen LogP contribution in [0.15, 0.2) is 53.4 Å². The van der Waals surface area contributed by atoms with Gasteiger partial charge in [-0.1, -0.05) is 25.1 Å². The van der Waals surface area contributed by atoms with E-state index in [9.17, 15) is 18.5 Å². The lowest BCUT2D eigenvalue weighted by Gasteiger charge is -2.32. The molecule has 27 heavy (non-hydrogen) atoms. The number of nitrogens with one attached hydrogen (secondary N) is 1. The van der Waals surface area contributed by atoms with Crippen molar-refractivity contribution >= 4 is 21.4 Å². The van der Waals surface area contributed by atoms with E-state index in [0.717, 1.165) is 30.4 Å². The van der Waals surface area contributed by atoms with Crippen LogP contribution in [0.25, 0.3) is 0 Å². The fraction of sp³-hybridized carbons (Fsp3) is 0.368. The molecule has 1 atom stereocenters. The van der Waals surface area contributed by atoms with E-state index in [2.05, 4.69) is 16.5 Å². The highest BCUT2D eigenvalue weighted by Crippen LogP contribution is 2.23. The predicted molar refractivity (Wildman–Crippen MR) is 104 cm³/mol. The van der Waals surface area contributed by atoms with Crippen molar-refractivity contribution in [2.45, 2.75) is 31.2 Å². The van der Waals surface area contributed by atoms with Crippen molar-refractivity contribution in [3.05, 3.63) is 64.2 Å². The summed E-state index contributed by atoms with van der Waals surface area (Å²) in [6.45, 7) is 4.47. The van der Waals surface area contributed by atoms with E-state index in [1.54, 1.807) is 0 Å². The molecule has 0 radical (unpaired) electrons. The number of piperidine rings is 1. The number of nitrogens with zero attached hydrogens (tertiary/aromatic N) is 2. The van der Waals surface area contributed by atoms with E-state index in [-0.39, 0.29) is 17.1 Å². The summed E-state index contributed by atoms with van der Waals surface area (Å²) in [5.41, 5.74) is 1.72. The van der Waals surface area contributed by atoms with Crippen LogP contribution in [0, 0.1) is 16.0 Å². The van der Waals surface area contributed by atoms with E-state index >= 15 is 0 Å². The molecule has 7 nitrogen and oxygen atoms in total. The van der Waals surface area contributed by atoms with Crippen LogP contribution in [-0.2, 0) is 16.6 Å². The molecular weight excluding hydrogens is 366 g/mol. The molecule has 1 aliphatic rings. The second kappa shape index (κ2) is 8.06. The third kappa shape index (κ3) is 4.84. The van der Waals surface area contributed by atoms with Gasteiger partial charge in [-0.05, 0) is 42.5 Å². The molecule has 0 spiro atoms. The SMILES string of the molecule is C[C@@H]1CCCN(c2ccc(CNS(=O)(=O)c3cccc([N+](=O)[O-])c3)cc2)C1. The van der Waals surface area contributed by atoms with E-state index in [1.807, 2.05) is 24.3 Å². The van der Waals surface area contributed by atoms with Crippen LogP contribution in [0.4, 0.5) is 11.4 Å². The van der Waals surface area contributed by atoms with E-state index in [0.29, 0.717) is 5.92 Å². The van der Waals surface area contributed by atoms with Gasteiger partial charge in [-0.2, -0.15) is 0 Å². The third-order valence-corrected chi connectivity index (χ3v) is 6.16. The summed E-state index contributed by atoms with van der Waals surface area (Å²) in [5, 5.41) is 10.8. The Morgan fingerprint density at radius 1 is 1.22 bits per heavy atom. The lowest BCUT2D eigenvalue weighted by Crippen LogP contribution is -2.34. The van der Waals surface area contributed by atoms with E-state index in [4.69, 9.17) is 0 Å². The predicted octanol–water partition coefficient (Wildman–Crippen LogP) is 3.31. The molecule has 2 aromatic carbocycles. The van der Waals surface area contributed by atoms with Crippen molar-refractivity contribution in [1.82, 2.24) is 4.72 Å². The first kappa shape index (κ1) is 19.3. The third-order valence-electron chi connectivity index (χ3n) is 4.76. The molecule has 2 aromatic rings. The van der Waals surface area contributed by atoms with E-state index in [1.165, 1.54) is 31.0 Å². The second-order valence-electron chi connectivity index (χ2n) is 6.94. The van der Waals surface area contributed by atoms with Crippen molar-refractivity contribution in [2.24, 2.45) is 5.92 Å². The highest BCUT2D eigenvalue weighted by atomic mass is 32.2. The first-order valence-electron chi connectivity index (χ1n) is 8.93. The number of nitro groups is 1. The number of benzene rings is 2. The van der Waals surface area contributed by atoms with Crippen LogP contribution < -0.4 is 9.62 Å². The van der Waals surface area contributed by atoms with Gasteiger partial charge in [0.25, 0.3) is 5.69 Å². The number of anilines is 1.